The van der Waals surface area contributed by atoms with E-state index in [1.807, 2.05) is 19.9 Å². The summed E-state index contributed by atoms with van der Waals surface area (Å²) in [6, 6.07) is 10.2. The Balaban J connectivity index is 2.41. The van der Waals surface area contributed by atoms with Crippen molar-refractivity contribution in [2.45, 2.75) is 18.7 Å². The van der Waals surface area contributed by atoms with E-state index in [0.717, 1.165) is 15.6 Å². The highest BCUT2D eigenvalue weighted by Gasteiger charge is 2.17. The number of hydrogen-bond acceptors (Lipinski definition) is 3. The Morgan fingerprint density at radius 3 is 2.43 bits per heavy atom. The summed E-state index contributed by atoms with van der Waals surface area (Å²) in [7, 11) is -2.15. The first-order chi connectivity index (χ1) is 9.83. The maximum Gasteiger partial charge on any atom is 0.262 e. The normalized spacial score (nSPS) is 11.2. The van der Waals surface area contributed by atoms with Gasteiger partial charge in [0.15, 0.2) is 0 Å². The Morgan fingerprint density at radius 2 is 1.81 bits per heavy atom. The van der Waals surface area contributed by atoms with E-state index in [-0.39, 0.29) is 4.90 Å². The lowest BCUT2D eigenvalue weighted by Crippen LogP contribution is -2.14. The zero-order valence-corrected chi connectivity index (χ0v) is 14.4. The largest absolute Gasteiger partial charge is 0.495 e. The van der Waals surface area contributed by atoms with Crippen LogP contribution in [0, 0.1) is 13.8 Å². The maximum absolute atomic E-state index is 12.5. The van der Waals surface area contributed by atoms with Crippen molar-refractivity contribution < 1.29 is 13.2 Å². The van der Waals surface area contributed by atoms with Crippen LogP contribution in [0.15, 0.2) is 45.8 Å². The van der Waals surface area contributed by atoms with Crippen molar-refractivity contribution in [2.75, 3.05) is 11.8 Å². The second-order valence-corrected chi connectivity index (χ2v) is 7.26. The third kappa shape index (κ3) is 3.57. The van der Waals surface area contributed by atoms with E-state index in [2.05, 4.69) is 20.7 Å². The lowest BCUT2D eigenvalue weighted by atomic mass is 10.2. The zero-order chi connectivity index (χ0) is 15.6. The summed E-state index contributed by atoms with van der Waals surface area (Å²) in [6.07, 6.45) is 0. The number of benzene rings is 2. The Kier molecular flexibility index (Phi) is 4.58. The number of nitrogens with one attached hydrogen (secondary N) is 1. The fourth-order valence-corrected chi connectivity index (χ4v) is 3.28. The molecule has 0 atom stereocenters. The van der Waals surface area contributed by atoms with Gasteiger partial charge in [-0.2, -0.15) is 0 Å². The number of hydrogen-bond donors (Lipinski definition) is 1. The van der Waals surface area contributed by atoms with Crippen molar-refractivity contribution in [1.82, 2.24) is 0 Å². The van der Waals surface area contributed by atoms with Gasteiger partial charge in [0.1, 0.15) is 5.75 Å². The molecule has 1 N–H and O–H groups in total. The summed E-state index contributed by atoms with van der Waals surface area (Å²) in [5.74, 6) is 0.484. The Hall–Kier alpha value is -1.53. The second kappa shape index (κ2) is 6.07. The first-order valence-electron chi connectivity index (χ1n) is 6.27. The van der Waals surface area contributed by atoms with E-state index < -0.39 is 10.0 Å². The predicted octanol–water partition coefficient (Wildman–Crippen LogP) is 3.88. The van der Waals surface area contributed by atoms with Gasteiger partial charge in [-0.3, -0.25) is 4.72 Å². The minimum atomic E-state index is -3.65. The van der Waals surface area contributed by atoms with Gasteiger partial charge in [-0.25, -0.2) is 8.42 Å². The van der Waals surface area contributed by atoms with Crippen molar-refractivity contribution in [2.24, 2.45) is 0 Å². The van der Waals surface area contributed by atoms with Crippen LogP contribution in [0.1, 0.15) is 11.1 Å². The Bertz CT molecular complexity index is 772. The average molecular weight is 370 g/mol. The van der Waals surface area contributed by atoms with Gasteiger partial charge in [0.2, 0.25) is 0 Å². The first-order valence-corrected chi connectivity index (χ1v) is 8.55. The summed E-state index contributed by atoms with van der Waals surface area (Å²) in [6.45, 7) is 3.73. The molecule has 0 unspecified atom stereocenters. The van der Waals surface area contributed by atoms with E-state index in [1.165, 1.54) is 7.11 Å². The molecule has 0 fully saturated rings. The molecule has 0 saturated carbocycles. The summed E-state index contributed by atoms with van der Waals surface area (Å²) in [4.78, 5) is 0.215. The van der Waals surface area contributed by atoms with Gasteiger partial charge in [-0.05, 0) is 55.3 Å². The standard InChI is InChI=1S/C15H16BrNO3S/c1-10-4-7-15(20-3)14(8-10)17-21(18,19)12-5-6-13(16)11(2)9-12/h4-9,17H,1-3H3. The van der Waals surface area contributed by atoms with Crippen LogP contribution in [-0.4, -0.2) is 15.5 Å². The highest BCUT2D eigenvalue weighted by molar-refractivity contribution is 9.10. The molecule has 0 aliphatic carbocycles. The van der Waals surface area contributed by atoms with Crippen molar-refractivity contribution in [3.8, 4) is 5.75 Å². The summed E-state index contributed by atoms with van der Waals surface area (Å²) < 4.78 is 33.6. The molecule has 21 heavy (non-hydrogen) atoms. The summed E-state index contributed by atoms with van der Waals surface area (Å²) >= 11 is 3.36. The number of aryl methyl sites for hydroxylation is 2. The van der Waals surface area contributed by atoms with E-state index in [9.17, 15) is 8.42 Å². The van der Waals surface area contributed by atoms with Crippen LogP contribution >= 0.6 is 15.9 Å². The van der Waals surface area contributed by atoms with Gasteiger partial charge >= 0.3 is 0 Å². The van der Waals surface area contributed by atoms with Crippen molar-refractivity contribution in [3.05, 3.63) is 52.0 Å². The molecule has 0 radical (unpaired) electrons. The third-order valence-electron chi connectivity index (χ3n) is 3.04. The SMILES string of the molecule is COc1ccc(C)cc1NS(=O)(=O)c1ccc(Br)c(C)c1. The molecule has 0 aliphatic heterocycles. The molecular formula is C15H16BrNO3S. The molecule has 112 valence electrons. The Morgan fingerprint density at radius 1 is 1.10 bits per heavy atom. The van der Waals surface area contributed by atoms with Gasteiger partial charge in [0.25, 0.3) is 10.0 Å². The van der Waals surface area contributed by atoms with E-state index in [4.69, 9.17) is 4.74 Å². The van der Waals surface area contributed by atoms with Gasteiger partial charge in [0, 0.05) is 4.47 Å². The molecule has 2 aromatic carbocycles. The van der Waals surface area contributed by atoms with Crippen LogP contribution < -0.4 is 9.46 Å². The minimum absolute atomic E-state index is 0.215. The molecule has 0 aromatic heterocycles. The number of ether oxygens (including phenoxy) is 1. The lowest BCUT2D eigenvalue weighted by Gasteiger charge is -2.13. The molecule has 0 bridgehead atoms. The molecule has 4 nitrogen and oxygen atoms in total. The first kappa shape index (κ1) is 15.9. The second-order valence-electron chi connectivity index (χ2n) is 4.72. The lowest BCUT2D eigenvalue weighted by molar-refractivity contribution is 0.417. The van der Waals surface area contributed by atoms with E-state index in [1.54, 1.807) is 30.3 Å². The molecule has 0 amide bonds. The molecule has 0 spiro atoms. The van der Waals surface area contributed by atoms with Crippen LogP contribution in [-0.2, 0) is 10.0 Å². The molecule has 0 aliphatic rings. The molecule has 0 heterocycles. The topological polar surface area (TPSA) is 55.4 Å². The van der Waals surface area contributed by atoms with Gasteiger partial charge < -0.3 is 4.74 Å². The van der Waals surface area contributed by atoms with Crippen molar-refractivity contribution >= 4 is 31.6 Å². The minimum Gasteiger partial charge on any atom is -0.495 e. The van der Waals surface area contributed by atoms with E-state index in [0.29, 0.717) is 11.4 Å². The smallest absolute Gasteiger partial charge is 0.262 e. The quantitative estimate of drug-likeness (QED) is 0.889. The molecule has 6 heteroatoms. The van der Waals surface area contributed by atoms with Crippen LogP contribution in [0.5, 0.6) is 5.75 Å². The molecular weight excluding hydrogens is 354 g/mol. The van der Waals surface area contributed by atoms with E-state index >= 15 is 0 Å². The molecule has 2 aromatic rings. The monoisotopic (exact) mass is 369 g/mol. The van der Waals surface area contributed by atoms with Gasteiger partial charge in [0.05, 0.1) is 17.7 Å². The van der Waals surface area contributed by atoms with Gasteiger partial charge in [-0.1, -0.05) is 22.0 Å². The zero-order valence-electron chi connectivity index (χ0n) is 12.0. The third-order valence-corrected chi connectivity index (χ3v) is 5.29. The maximum atomic E-state index is 12.5. The Labute approximate surface area is 133 Å². The molecule has 2 rings (SSSR count). The van der Waals surface area contributed by atoms with Gasteiger partial charge in [-0.15, -0.1) is 0 Å². The molecule has 0 saturated heterocycles. The summed E-state index contributed by atoms with van der Waals surface area (Å²) in [5, 5.41) is 0. The highest BCUT2D eigenvalue weighted by Crippen LogP contribution is 2.28. The van der Waals surface area contributed by atoms with Crippen molar-refractivity contribution in [1.29, 1.82) is 0 Å². The number of halogens is 1. The highest BCUT2D eigenvalue weighted by atomic mass is 79.9. The number of rotatable bonds is 4. The fraction of sp³-hybridized carbons (Fsp3) is 0.200. The predicted molar refractivity (Wildman–Crippen MR) is 87.4 cm³/mol. The van der Waals surface area contributed by atoms with Crippen LogP contribution in [0.25, 0.3) is 0 Å². The van der Waals surface area contributed by atoms with Crippen molar-refractivity contribution in [3.63, 3.8) is 0 Å². The number of methoxy groups -OCH3 is 1. The van der Waals surface area contributed by atoms with Crippen LogP contribution in [0.3, 0.4) is 0 Å². The van der Waals surface area contributed by atoms with Crippen LogP contribution in [0.2, 0.25) is 0 Å². The van der Waals surface area contributed by atoms with Crippen LogP contribution in [0.4, 0.5) is 5.69 Å². The number of anilines is 1. The average Bonchev–Trinajstić information content (AvgIpc) is 2.41. The summed E-state index contributed by atoms with van der Waals surface area (Å²) in [5.41, 5.74) is 2.23. The fourth-order valence-electron chi connectivity index (χ4n) is 1.89. The number of sulfonamides is 1.